The van der Waals surface area contributed by atoms with Crippen molar-refractivity contribution in [2.75, 3.05) is 0 Å². The normalized spacial score (nSPS) is 13.3. The maximum absolute atomic E-state index is 7.20. The lowest BCUT2D eigenvalue weighted by Crippen LogP contribution is -2.37. The lowest BCUT2D eigenvalue weighted by atomic mass is 9.79. The highest BCUT2D eigenvalue weighted by molar-refractivity contribution is 7.20. The van der Waals surface area contributed by atoms with Crippen LogP contribution in [0.5, 0.6) is 5.75 Å². The molecule has 0 atom stereocenters. The molecule has 3 heteroatoms. The van der Waals surface area contributed by atoms with E-state index in [0.717, 1.165) is 22.4 Å². The molecule has 10 rings (SSSR count). The van der Waals surface area contributed by atoms with Gasteiger partial charge in [0.15, 0.2) is 5.60 Å². The minimum absolute atomic E-state index is 0.770. The third-order valence-electron chi connectivity index (χ3n) is 9.81. The van der Waals surface area contributed by atoms with Crippen molar-refractivity contribution in [3.63, 3.8) is 0 Å². The smallest absolute Gasteiger partial charge is 0.194 e. The molecule has 2 nitrogen and oxygen atoms in total. The largest absolute Gasteiger partial charge is 0.471 e. The number of rotatable bonds is 4. The Morgan fingerprint density at radius 1 is 0.479 bits per heavy atom. The molecule has 0 radical (unpaired) electrons. The summed E-state index contributed by atoms with van der Waals surface area (Å²) in [6.45, 7) is 0. The summed E-state index contributed by atoms with van der Waals surface area (Å²) in [4.78, 5) is 1.21. The summed E-state index contributed by atoms with van der Waals surface area (Å²) >= 11 is 1.84. The van der Waals surface area contributed by atoms with E-state index in [1.54, 1.807) is 0 Å². The molecule has 0 N–H and O–H groups in total. The molecule has 9 aromatic rings. The van der Waals surface area contributed by atoms with Crippen molar-refractivity contribution in [2.24, 2.45) is 0 Å². The van der Waals surface area contributed by atoms with Gasteiger partial charge in [-0.25, -0.2) is 0 Å². The van der Waals surface area contributed by atoms with Crippen LogP contribution in [0.15, 0.2) is 176 Å². The summed E-state index contributed by atoms with van der Waals surface area (Å²) in [5, 5.41) is 3.77. The summed E-state index contributed by atoms with van der Waals surface area (Å²) in [5.41, 5.74) is 9.88. The van der Waals surface area contributed by atoms with E-state index in [2.05, 4.69) is 180 Å². The van der Waals surface area contributed by atoms with E-state index in [1.165, 1.54) is 59.1 Å². The number of benzene rings is 7. The van der Waals surface area contributed by atoms with Crippen molar-refractivity contribution in [1.82, 2.24) is 4.57 Å². The van der Waals surface area contributed by atoms with Gasteiger partial charge in [-0.15, -0.1) is 11.3 Å². The highest BCUT2D eigenvalue weighted by Crippen LogP contribution is 2.57. The monoisotopic (exact) mass is 631 g/mol. The molecule has 0 saturated heterocycles. The van der Waals surface area contributed by atoms with Crippen LogP contribution >= 0.6 is 11.3 Å². The fourth-order valence-corrected chi connectivity index (χ4v) is 9.04. The first kappa shape index (κ1) is 27.2. The van der Waals surface area contributed by atoms with Crippen molar-refractivity contribution in [3.8, 4) is 33.7 Å². The first-order chi connectivity index (χ1) is 23.8. The quantitative estimate of drug-likeness (QED) is 0.188. The number of aromatic nitrogens is 1. The van der Waals surface area contributed by atoms with Crippen molar-refractivity contribution >= 4 is 43.2 Å². The van der Waals surface area contributed by atoms with Gasteiger partial charge in [0.05, 0.1) is 15.9 Å². The van der Waals surface area contributed by atoms with E-state index in [-0.39, 0.29) is 0 Å². The first-order valence-electron chi connectivity index (χ1n) is 16.4. The fourth-order valence-electron chi connectivity index (χ4n) is 7.67. The van der Waals surface area contributed by atoms with Gasteiger partial charge in [0.1, 0.15) is 5.75 Å². The molecule has 48 heavy (non-hydrogen) atoms. The minimum Gasteiger partial charge on any atom is -0.471 e. The van der Waals surface area contributed by atoms with Crippen LogP contribution < -0.4 is 4.74 Å². The van der Waals surface area contributed by atoms with E-state index in [4.69, 9.17) is 4.74 Å². The molecule has 0 spiro atoms. The predicted molar refractivity (Wildman–Crippen MR) is 200 cm³/mol. The number of hydrogen-bond donors (Lipinski definition) is 0. The van der Waals surface area contributed by atoms with Crippen LogP contribution in [0.1, 0.15) is 16.0 Å². The molecule has 0 amide bonds. The minimum atomic E-state index is -0.770. The Hall–Kier alpha value is -5.90. The van der Waals surface area contributed by atoms with Crippen molar-refractivity contribution in [1.29, 1.82) is 0 Å². The Morgan fingerprint density at radius 3 is 1.81 bits per heavy atom. The van der Waals surface area contributed by atoms with Crippen LogP contribution in [-0.4, -0.2) is 4.57 Å². The number of hydrogen-bond acceptors (Lipinski definition) is 2. The second-order valence-electron chi connectivity index (χ2n) is 12.4. The van der Waals surface area contributed by atoms with Gasteiger partial charge in [-0.2, -0.15) is 0 Å². The summed E-state index contributed by atoms with van der Waals surface area (Å²) in [6.07, 6.45) is 0. The van der Waals surface area contributed by atoms with E-state index in [9.17, 15) is 0 Å². The van der Waals surface area contributed by atoms with Gasteiger partial charge in [0.2, 0.25) is 0 Å². The summed E-state index contributed by atoms with van der Waals surface area (Å²) in [5.74, 6) is 0.901. The summed E-state index contributed by atoms with van der Waals surface area (Å²) in [6, 6.07) is 63.2. The third kappa shape index (κ3) is 3.92. The molecular formula is C45H29NOS. The lowest BCUT2D eigenvalue weighted by molar-refractivity contribution is 0.156. The zero-order valence-electron chi connectivity index (χ0n) is 26.0. The molecule has 0 unspecified atom stereocenters. The first-order valence-corrected chi connectivity index (χ1v) is 17.2. The van der Waals surface area contributed by atoms with Gasteiger partial charge in [-0.1, -0.05) is 127 Å². The van der Waals surface area contributed by atoms with Gasteiger partial charge < -0.3 is 9.30 Å². The Morgan fingerprint density at radius 2 is 1.06 bits per heavy atom. The van der Waals surface area contributed by atoms with Crippen LogP contribution in [0.4, 0.5) is 0 Å². The Bertz CT molecular complexity index is 2590. The molecule has 1 aliphatic heterocycles. The van der Waals surface area contributed by atoms with Gasteiger partial charge >= 0.3 is 0 Å². The SMILES string of the molecule is c1ccc(-n2c3ccccc3c3cc(-c4ccc5sc6c(c5c4)-c4ccccc4OC6(c4ccccc4)c4ccccc4)ccc32)cc1. The molecule has 0 bridgehead atoms. The zero-order valence-corrected chi connectivity index (χ0v) is 26.8. The van der Waals surface area contributed by atoms with Crippen LogP contribution in [0, 0.1) is 0 Å². The van der Waals surface area contributed by atoms with Crippen molar-refractivity contribution in [3.05, 3.63) is 192 Å². The average Bonchev–Trinajstić information content (AvgIpc) is 3.72. The van der Waals surface area contributed by atoms with Crippen LogP contribution in [0.2, 0.25) is 0 Å². The third-order valence-corrected chi connectivity index (χ3v) is 11.1. The molecule has 0 saturated carbocycles. The number of nitrogens with zero attached hydrogens (tertiary/aromatic N) is 1. The van der Waals surface area contributed by atoms with Crippen molar-refractivity contribution in [2.45, 2.75) is 5.60 Å². The number of para-hydroxylation sites is 3. The topological polar surface area (TPSA) is 14.2 Å². The number of ether oxygens (including phenoxy) is 1. The Kier molecular flexibility index (Phi) is 5.99. The second-order valence-corrected chi connectivity index (χ2v) is 13.5. The Labute approximate surface area is 282 Å². The van der Waals surface area contributed by atoms with Crippen LogP contribution in [0.25, 0.3) is 59.8 Å². The maximum atomic E-state index is 7.20. The number of thiophene rings is 1. The van der Waals surface area contributed by atoms with Gasteiger partial charge in [0, 0.05) is 48.8 Å². The van der Waals surface area contributed by atoms with E-state index in [1.807, 2.05) is 11.3 Å². The highest BCUT2D eigenvalue weighted by Gasteiger charge is 2.46. The van der Waals surface area contributed by atoms with Gasteiger partial charge in [0.25, 0.3) is 0 Å². The molecule has 2 aromatic heterocycles. The Balaban J connectivity index is 1.22. The summed E-state index contributed by atoms with van der Waals surface area (Å²) < 4.78 is 10.8. The molecule has 3 heterocycles. The maximum Gasteiger partial charge on any atom is 0.194 e. The molecule has 226 valence electrons. The zero-order chi connectivity index (χ0) is 31.7. The lowest BCUT2D eigenvalue weighted by Gasteiger charge is -2.39. The van der Waals surface area contributed by atoms with Gasteiger partial charge in [-0.3, -0.25) is 0 Å². The van der Waals surface area contributed by atoms with E-state index >= 15 is 0 Å². The van der Waals surface area contributed by atoms with Crippen LogP contribution in [-0.2, 0) is 5.60 Å². The standard InChI is InChI=1S/C45H29NOS/c1-4-14-32(15-5-1)45(33-16-6-2-7-17-33)44-43(36-21-11-13-23-41(36)47-45)38-29-31(25-27-42(38)48-44)30-24-26-40-37(28-30)35-20-10-12-22-39(35)46(40)34-18-8-3-9-19-34/h1-29H. The average molecular weight is 632 g/mol. The summed E-state index contributed by atoms with van der Waals surface area (Å²) in [7, 11) is 0. The number of fused-ring (bicyclic) bond motifs is 8. The molecule has 1 aliphatic rings. The molecule has 0 aliphatic carbocycles. The van der Waals surface area contributed by atoms with Crippen LogP contribution in [0.3, 0.4) is 0 Å². The molecular weight excluding hydrogens is 603 g/mol. The van der Waals surface area contributed by atoms with Gasteiger partial charge in [-0.05, 0) is 59.7 Å². The molecule has 7 aromatic carbocycles. The fraction of sp³-hybridized carbons (Fsp3) is 0.0222. The van der Waals surface area contributed by atoms with E-state index < -0.39 is 5.60 Å². The van der Waals surface area contributed by atoms with Crippen molar-refractivity contribution < 1.29 is 4.74 Å². The van der Waals surface area contributed by atoms with E-state index in [0.29, 0.717) is 0 Å². The molecule has 0 fully saturated rings. The highest BCUT2D eigenvalue weighted by atomic mass is 32.1. The second kappa shape index (κ2) is 10.6. The predicted octanol–water partition coefficient (Wildman–Crippen LogP) is 12.0.